The van der Waals surface area contributed by atoms with E-state index in [9.17, 15) is 0 Å². The van der Waals surface area contributed by atoms with Crippen molar-refractivity contribution in [1.82, 2.24) is 34.5 Å². The van der Waals surface area contributed by atoms with Crippen molar-refractivity contribution in [3.8, 4) is 85.1 Å². The first-order chi connectivity index (χ1) is 30.6. The smallest absolute Gasteiger partial charge is 0.166 e. The topological polar surface area (TPSA) is 82.3 Å². The second-order valence-electron chi connectivity index (χ2n) is 15.3. The molecule has 0 unspecified atom stereocenters. The summed E-state index contributed by atoms with van der Waals surface area (Å²) in [5.74, 6) is 3.40. The summed E-state index contributed by atoms with van der Waals surface area (Å²) in [7, 11) is 0. The number of benzene rings is 8. The number of fused-ring (bicyclic) bond motifs is 3. The predicted octanol–water partition coefficient (Wildman–Crippen LogP) is 13.1. The highest BCUT2D eigenvalue weighted by Gasteiger charge is 2.22. The maximum atomic E-state index is 5.31. The van der Waals surface area contributed by atoms with Crippen LogP contribution in [0.3, 0.4) is 0 Å². The largest absolute Gasteiger partial charge is 0.308 e. The first-order valence-electron chi connectivity index (χ1n) is 20.6. The van der Waals surface area contributed by atoms with Crippen molar-refractivity contribution in [2.45, 2.75) is 6.92 Å². The van der Waals surface area contributed by atoms with Gasteiger partial charge in [0.15, 0.2) is 34.9 Å². The molecule has 0 amide bonds. The molecule has 7 heteroatoms. The quantitative estimate of drug-likeness (QED) is 0.152. The Morgan fingerprint density at radius 2 is 0.726 bits per heavy atom. The molecular formula is C55H37N7. The van der Waals surface area contributed by atoms with Crippen LogP contribution >= 0.6 is 0 Å². The van der Waals surface area contributed by atoms with E-state index >= 15 is 0 Å². The van der Waals surface area contributed by atoms with Crippen LogP contribution in [0.5, 0.6) is 0 Å². The van der Waals surface area contributed by atoms with E-state index in [2.05, 4.69) is 121 Å². The number of rotatable bonds is 8. The van der Waals surface area contributed by atoms with Crippen LogP contribution in [0.4, 0.5) is 0 Å². The van der Waals surface area contributed by atoms with Gasteiger partial charge in [-0.2, -0.15) is 0 Å². The Kier molecular flexibility index (Phi) is 9.24. The third kappa shape index (κ3) is 6.87. The lowest BCUT2D eigenvalue weighted by Crippen LogP contribution is -2.05. The Morgan fingerprint density at radius 3 is 1.29 bits per heavy atom. The molecule has 8 aromatic carbocycles. The Hall–Kier alpha value is -8.42. The fourth-order valence-corrected chi connectivity index (χ4v) is 8.15. The van der Waals surface area contributed by atoms with Crippen LogP contribution in [0.15, 0.2) is 206 Å². The molecule has 3 heterocycles. The molecule has 0 aliphatic carbocycles. The molecule has 3 aromatic heterocycles. The van der Waals surface area contributed by atoms with Gasteiger partial charge in [0, 0.05) is 44.2 Å². The third-order valence-electron chi connectivity index (χ3n) is 11.2. The summed E-state index contributed by atoms with van der Waals surface area (Å²) in [6.07, 6.45) is 0. The predicted molar refractivity (Wildman–Crippen MR) is 250 cm³/mol. The number of hydrogen-bond acceptors (Lipinski definition) is 6. The van der Waals surface area contributed by atoms with Gasteiger partial charge in [-0.25, -0.2) is 29.9 Å². The highest BCUT2D eigenvalue weighted by molar-refractivity contribution is 6.10. The molecule has 0 atom stereocenters. The van der Waals surface area contributed by atoms with Gasteiger partial charge in [0.05, 0.1) is 16.7 Å². The van der Waals surface area contributed by atoms with Crippen molar-refractivity contribution >= 4 is 21.8 Å². The minimum absolute atomic E-state index is 0.526. The highest BCUT2D eigenvalue weighted by atomic mass is 15.1. The molecule has 0 aliphatic heterocycles. The molecule has 0 bridgehead atoms. The number of aromatic nitrogens is 7. The monoisotopic (exact) mass is 795 g/mol. The van der Waals surface area contributed by atoms with Crippen molar-refractivity contribution in [2.24, 2.45) is 0 Å². The Balaban J connectivity index is 1.21. The first-order valence-corrected chi connectivity index (χ1v) is 20.6. The van der Waals surface area contributed by atoms with Crippen LogP contribution in [0, 0.1) is 6.92 Å². The fraction of sp³-hybridized carbons (Fsp3) is 0.0182. The molecule has 62 heavy (non-hydrogen) atoms. The van der Waals surface area contributed by atoms with Crippen molar-refractivity contribution < 1.29 is 0 Å². The lowest BCUT2D eigenvalue weighted by molar-refractivity contribution is 1.06. The zero-order chi connectivity index (χ0) is 41.4. The molecule has 11 rings (SSSR count). The van der Waals surface area contributed by atoms with E-state index in [1.165, 1.54) is 0 Å². The molecule has 0 spiro atoms. The highest BCUT2D eigenvalue weighted by Crippen LogP contribution is 2.39. The average molecular weight is 796 g/mol. The lowest BCUT2D eigenvalue weighted by Gasteiger charge is -2.17. The van der Waals surface area contributed by atoms with Crippen molar-refractivity contribution in [3.05, 3.63) is 212 Å². The van der Waals surface area contributed by atoms with Gasteiger partial charge < -0.3 is 4.57 Å². The maximum absolute atomic E-state index is 5.31. The van der Waals surface area contributed by atoms with Crippen molar-refractivity contribution in [1.29, 1.82) is 0 Å². The van der Waals surface area contributed by atoms with Crippen molar-refractivity contribution in [2.75, 3.05) is 0 Å². The Morgan fingerprint density at radius 1 is 0.290 bits per heavy atom. The van der Waals surface area contributed by atoms with Gasteiger partial charge in [0.2, 0.25) is 0 Å². The molecule has 292 valence electrons. The molecule has 0 aliphatic rings. The van der Waals surface area contributed by atoms with Gasteiger partial charge in [-0.05, 0) is 54.4 Å². The van der Waals surface area contributed by atoms with E-state index in [0.29, 0.717) is 34.9 Å². The van der Waals surface area contributed by atoms with E-state index in [-0.39, 0.29) is 0 Å². The lowest BCUT2D eigenvalue weighted by atomic mass is 10.0. The van der Waals surface area contributed by atoms with Gasteiger partial charge in [-0.15, -0.1) is 0 Å². The van der Waals surface area contributed by atoms with Crippen LogP contribution < -0.4 is 0 Å². The molecule has 0 saturated carbocycles. The molecule has 0 N–H and O–H groups in total. The summed E-state index contributed by atoms with van der Waals surface area (Å²) in [6.45, 7) is 2.08. The summed E-state index contributed by atoms with van der Waals surface area (Å²) in [4.78, 5) is 30.9. The molecule has 0 fully saturated rings. The van der Waals surface area contributed by atoms with Gasteiger partial charge in [-0.1, -0.05) is 175 Å². The second kappa shape index (κ2) is 15.6. The maximum Gasteiger partial charge on any atom is 0.166 e. The number of hydrogen-bond donors (Lipinski definition) is 0. The number of nitrogens with zero attached hydrogens (tertiary/aromatic N) is 7. The van der Waals surface area contributed by atoms with E-state index in [1.807, 2.05) is 97.1 Å². The molecule has 7 nitrogen and oxygen atoms in total. The van der Waals surface area contributed by atoms with Gasteiger partial charge >= 0.3 is 0 Å². The van der Waals surface area contributed by atoms with E-state index < -0.39 is 0 Å². The van der Waals surface area contributed by atoms with Crippen LogP contribution in [0.2, 0.25) is 0 Å². The summed E-state index contributed by atoms with van der Waals surface area (Å²) in [5.41, 5.74) is 11.6. The second-order valence-corrected chi connectivity index (χ2v) is 15.3. The van der Waals surface area contributed by atoms with Crippen LogP contribution in [-0.4, -0.2) is 34.5 Å². The molecule has 0 saturated heterocycles. The van der Waals surface area contributed by atoms with Gasteiger partial charge in [0.1, 0.15) is 0 Å². The van der Waals surface area contributed by atoms with E-state index in [1.54, 1.807) is 0 Å². The van der Waals surface area contributed by atoms with Crippen LogP contribution in [0.1, 0.15) is 5.56 Å². The van der Waals surface area contributed by atoms with Crippen LogP contribution in [-0.2, 0) is 0 Å². The standard InChI is InChI=1S/C55H37N7/c1-36-17-16-26-42(33-36)53-59-52(40-24-12-5-13-25-40)60-55(61-53)46-34-43(54-57-50(38-20-8-3-9-21-38)56-51(58-54)39-22-10-4-11-23-39)30-32-48(46)62-47-28-15-14-27-44(47)45-31-29-41(35-49(45)62)37-18-6-2-7-19-37/h2-35H,1H3. The normalized spacial score (nSPS) is 11.3. The zero-order valence-corrected chi connectivity index (χ0v) is 33.8. The minimum atomic E-state index is 0.526. The summed E-state index contributed by atoms with van der Waals surface area (Å²) >= 11 is 0. The molecule has 11 aromatic rings. The first kappa shape index (κ1) is 36.6. The van der Waals surface area contributed by atoms with E-state index in [4.69, 9.17) is 29.9 Å². The van der Waals surface area contributed by atoms with Crippen molar-refractivity contribution in [3.63, 3.8) is 0 Å². The van der Waals surface area contributed by atoms with E-state index in [0.717, 1.165) is 77.6 Å². The zero-order valence-electron chi connectivity index (χ0n) is 33.8. The molecule has 0 radical (unpaired) electrons. The Bertz CT molecular complexity index is 3350. The number of para-hydroxylation sites is 1. The summed E-state index contributed by atoms with van der Waals surface area (Å²) < 4.78 is 2.34. The summed E-state index contributed by atoms with van der Waals surface area (Å²) in [5, 5.41) is 2.30. The third-order valence-corrected chi connectivity index (χ3v) is 11.2. The summed E-state index contributed by atoms with van der Waals surface area (Å²) in [6, 6.07) is 70.7. The van der Waals surface area contributed by atoms with Crippen LogP contribution in [0.25, 0.3) is 107 Å². The number of aryl methyl sites for hydroxylation is 1. The SMILES string of the molecule is Cc1cccc(-c2nc(-c3ccccc3)nc(-c3cc(-c4nc(-c5ccccc5)nc(-c5ccccc5)n4)ccc3-n3c4ccccc4c4ccc(-c5ccccc5)cc43)n2)c1. The average Bonchev–Trinajstić information content (AvgIpc) is 3.68. The minimum Gasteiger partial charge on any atom is -0.308 e. The Labute approximate surface area is 358 Å². The fourth-order valence-electron chi connectivity index (χ4n) is 8.15. The van der Waals surface area contributed by atoms with Gasteiger partial charge in [0.25, 0.3) is 0 Å². The molecular weight excluding hydrogens is 759 g/mol. The van der Waals surface area contributed by atoms with Gasteiger partial charge in [-0.3, -0.25) is 0 Å².